The summed E-state index contributed by atoms with van der Waals surface area (Å²) in [6.07, 6.45) is 18.2. The molecule has 2 heteroatoms. The van der Waals surface area contributed by atoms with Gasteiger partial charge in [-0.15, -0.1) is 11.8 Å². The standard InChI is InChI=1S/C17H34S2/c1-3-5-6-7-8-9-10-11-12-13-14-15-16-19-17(18)4-2/h3-16H2,1-2H3. The molecule has 0 rings (SSSR count). The van der Waals surface area contributed by atoms with Crippen molar-refractivity contribution in [1.29, 1.82) is 0 Å². The highest BCUT2D eigenvalue weighted by atomic mass is 32.2. The molecule has 0 fully saturated rings. The van der Waals surface area contributed by atoms with Gasteiger partial charge in [0.1, 0.15) is 0 Å². The Morgan fingerprint density at radius 1 is 0.684 bits per heavy atom. The molecule has 0 aliphatic heterocycles. The SMILES string of the molecule is CCCCCCCCCCCCCCSC(=S)CC. The molecule has 0 aliphatic rings. The van der Waals surface area contributed by atoms with Gasteiger partial charge >= 0.3 is 0 Å². The van der Waals surface area contributed by atoms with Crippen LogP contribution in [0.3, 0.4) is 0 Å². The molecular formula is C17H34S2. The fraction of sp³-hybridized carbons (Fsp3) is 0.941. The molecule has 0 radical (unpaired) electrons. The van der Waals surface area contributed by atoms with Gasteiger partial charge in [-0.2, -0.15) is 0 Å². The molecular weight excluding hydrogens is 268 g/mol. The van der Waals surface area contributed by atoms with Crippen molar-refractivity contribution in [2.45, 2.75) is 97.3 Å². The Kier molecular flexibility index (Phi) is 16.9. The third-order valence-electron chi connectivity index (χ3n) is 3.55. The second kappa shape index (κ2) is 16.5. The Morgan fingerprint density at radius 3 is 1.53 bits per heavy atom. The van der Waals surface area contributed by atoms with Crippen LogP contribution < -0.4 is 0 Å². The third kappa shape index (κ3) is 16.4. The minimum atomic E-state index is 1.05. The summed E-state index contributed by atoms with van der Waals surface area (Å²) in [6, 6.07) is 0. The molecule has 0 N–H and O–H groups in total. The molecule has 0 aromatic heterocycles. The largest absolute Gasteiger partial charge is 0.119 e. The van der Waals surface area contributed by atoms with Crippen LogP contribution in [-0.2, 0) is 0 Å². The summed E-state index contributed by atoms with van der Waals surface area (Å²) < 4.78 is 1.18. The lowest BCUT2D eigenvalue weighted by molar-refractivity contribution is 0.548. The zero-order valence-corrected chi connectivity index (χ0v) is 14.8. The van der Waals surface area contributed by atoms with Crippen LogP contribution in [0.25, 0.3) is 0 Å². The van der Waals surface area contributed by atoms with E-state index in [1.54, 1.807) is 0 Å². The minimum absolute atomic E-state index is 1.05. The summed E-state index contributed by atoms with van der Waals surface area (Å²) in [5.41, 5.74) is 0. The quantitative estimate of drug-likeness (QED) is 0.247. The van der Waals surface area contributed by atoms with Crippen LogP contribution in [0.1, 0.15) is 97.3 Å². The molecule has 114 valence electrons. The first-order chi connectivity index (χ1) is 9.31. The van der Waals surface area contributed by atoms with E-state index in [0.717, 1.165) is 6.42 Å². The van der Waals surface area contributed by atoms with Crippen molar-refractivity contribution in [2.24, 2.45) is 0 Å². The van der Waals surface area contributed by atoms with Crippen molar-refractivity contribution in [3.05, 3.63) is 0 Å². The Bertz CT molecular complexity index is 190. The molecule has 0 bridgehead atoms. The molecule has 0 saturated heterocycles. The summed E-state index contributed by atoms with van der Waals surface area (Å²) >= 11 is 7.09. The molecule has 0 unspecified atom stereocenters. The van der Waals surface area contributed by atoms with Gasteiger partial charge in [-0.1, -0.05) is 96.7 Å². The number of thiocarbonyl (C=S) groups is 1. The first kappa shape index (κ1) is 19.4. The molecule has 0 spiro atoms. The van der Waals surface area contributed by atoms with Gasteiger partial charge < -0.3 is 0 Å². The Labute approximate surface area is 131 Å². The van der Waals surface area contributed by atoms with Gasteiger partial charge in [0, 0.05) is 4.20 Å². The molecule has 0 aliphatic carbocycles. The van der Waals surface area contributed by atoms with Crippen molar-refractivity contribution < 1.29 is 0 Å². The van der Waals surface area contributed by atoms with Gasteiger partial charge in [-0.05, 0) is 18.6 Å². The molecule has 19 heavy (non-hydrogen) atoms. The van der Waals surface area contributed by atoms with Gasteiger partial charge in [0.05, 0.1) is 0 Å². The van der Waals surface area contributed by atoms with E-state index in [9.17, 15) is 0 Å². The van der Waals surface area contributed by atoms with Crippen molar-refractivity contribution in [1.82, 2.24) is 0 Å². The molecule has 0 nitrogen and oxygen atoms in total. The van der Waals surface area contributed by atoms with Gasteiger partial charge in [-0.3, -0.25) is 0 Å². The number of unbranched alkanes of at least 4 members (excludes halogenated alkanes) is 11. The monoisotopic (exact) mass is 302 g/mol. The number of hydrogen-bond acceptors (Lipinski definition) is 2. The fourth-order valence-electron chi connectivity index (χ4n) is 2.23. The maximum Gasteiger partial charge on any atom is 0.0475 e. The van der Waals surface area contributed by atoms with E-state index >= 15 is 0 Å². The number of rotatable bonds is 14. The van der Waals surface area contributed by atoms with Crippen molar-refractivity contribution in [2.75, 3.05) is 5.75 Å². The van der Waals surface area contributed by atoms with Crippen molar-refractivity contribution in [3.8, 4) is 0 Å². The summed E-state index contributed by atoms with van der Waals surface area (Å²) in [7, 11) is 0. The van der Waals surface area contributed by atoms with Crippen LogP contribution in [0, 0.1) is 0 Å². The lowest BCUT2D eigenvalue weighted by Gasteiger charge is -2.03. The van der Waals surface area contributed by atoms with Gasteiger partial charge in [-0.25, -0.2) is 0 Å². The fourth-order valence-corrected chi connectivity index (χ4v) is 3.26. The van der Waals surface area contributed by atoms with E-state index < -0.39 is 0 Å². The van der Waals surface area contributed by atoms with Crippen LogP contribution >= 0.6 is 24.0 Å². The lowest BCUT2D eigenvalue weighted by atomic mass is 10.1. The Hall–Kier alpha value is 0.440. The topological polar surface area (TPSA) is 0 Å². The summed E-state index contributed by atoms with van der Waals surface area (Å²) in [6.45, 7) is 4.44. The number of hydrogen-bond donors (Lipinski definition) is 0. The number of thioether (sulfide) groups is 1. The van der Waals surface area contributed by atoms with Crippen LogP contribution in [0.5, 0.6) is 0 Å². The van der Waals surface area contributed by atoms with Crippen molar-refractivity contribution >= 4 is 28.2 Å². The zero-order valence-electron chi connectivity index (χ0n) is 13.2. The Balaban J connectivity index is 2.97. The van der Waals surface area contributed by atoms with E-state index in [0.29, 0.717) is 0 Å². The third-order valence-corrected chi connectivity index (χ3v) is 5.30. The summed E-state index contributed by atoms with van der Waals surface area (Å²) in [4.78, 5) is 0. The first-order valence-corrected chi connectivity index (χ1v) is 9.86. The average Bonchev–Trinajstić information content (AvgIpc) is 2.43. The van der Waals surface area contributed by atoms with Crippen LogP contribution in [0.2, 0.25) is 0 Å². The highest BCUT2D eigenvalue weighted by Gasteiger charge is 1.95. The molecule has 0 amide bonds. The highest BCUT2D eigenvalue weighted by molar-refractivity contribution is 8.23. The maximum atomic E-state index is 5.20. The second-order valence-corrected chi connectivity index (χ2v) is 7.40. The smallest absolute Gasteiger partial charge is 0.0475 e. The van der Waals surface area contributed by atoms with E-state index in [1.807, 2.05) is 11.8 Å². The molecule has 0 heterocycles. The van der Waals surface area contributed by atoms with Crippen molar-refractivity contribution in [3.63, 3.8) is 0 Å². The van der Waals surface area contributed by atoms with Crippen LogP contribution in [0.4, 0.5) is 0 Å². The van der Waals surface area contributed by atoms with E-state index in [-0.39, 0.29) is 0 Å². The minimum Gasteiger partial charge on any atom is -0.119 e. The van der Waals surface area contributed by atoms with Crippen LogP contribution in [0.15, 0.2) is 0 Å². The highest BCUT2D eigenvalue weighted by Crippen LogP contribution is 2.14. The Morgan fingerprint density at radius 2 is 1.11 bits per heavy atom. The summed E-state index contributed by atoms with van der Waals surface area (Å²) in [5, 5.41) is 0. The normalized spacial score (nSPS) is 10.8. The lowest BCUT2D eigenvalue weighted by Crippen LogP contribution is -1.88. The van der Waals surface area contributed by atoms with E-state index in [4.69, 9.17) is 12.2 Å². The molecule has 0 aromatic rings. The van der Waals surface area contributed by atoms with Gasteiger partial charge in [0.2, 0.25) is 0 Å². The molecule has 0 atom stereocenters. The van der Waals surface area contributed by atoms with Gasteiger partial charge in [0.25, 0.3) is 0 Å². The average molecular weight is 303 g/mol. The van der Waals surface area contributed by atoms with Gasteiger partial charge in [0.15, 0.2) is 0 Å². The second-order valence-electron chi connectivity index (χ2n) is 5.46. The molecule has 0 saturated carbocycles. The zero-order chi connectivity index (χ0) is 14.2. The summed E-state index contributed by atoms with van der Waals surface area (Å²) in [5.74, 6) is 1.24. The van der Waals surface area contributed by atoms with E-state index in [1.165, 1.54) is 87.0 Å². The van der Waals surface area contributed by atoms with E-state index in [2.05, 4.69) is 13.8 Å². The predicted molar refractivity (Wildman–Crippen MR) is 96.4 cm³/mol. The maximum absolute atomic E-state index is 5.20. The first-order valence-electron chi connectivity index (χ1n) is 8.46. The predicted octanol–water partition coefficient (Wildman–Crippen LogP) is 7.16. The van der Waals surface area contributed by atoms with Crippen LogP contribution in [-0.4, -0.2) is 9.95 Å². The molecule has 0 aromatic carbocycles.